The van der Waals surface area contributed by atoms with Gasteiger partial charge in [-0.15, -0.1) is 5.10 Å². The molecule has 0 aliphatic carbocycles. The fourth-order valence-electron chi connectivity index (χ4n) is 2.34. The van der Waals surface area contributed by atoms with Crippen LogP contribution < -0.4 is 4.74 Å². The molecule has 0 spiro atoms. The van der Waals surface area contributed by atoms with Gasteiger partial charge in [0, 0.05) is 10.0 Å². The van der Waals surface area contributed by atoms with Gasteiger partial charge in [-0.3, -0.25) is 9.69 Å². The maximum atomic E-state index is 12.1. The summed E-state index contributed by atoms with van der Waals surface area (Å²) in [5.74, 6) is 1.15. The first-order chi connectivity index (χ1) is 12.2. The smallest absolute Gasteiger partial charge is 0.239 e. The van der Waals surface area contributed by atoms with Gasteiger partial charge in [0.25, 0.3) is 0 Å². The monoisotopic (exact) mass is 417 g/mol. The molecule has 0 unspecified atom stereocenters. The number of hydrogen-bond acceptors (Lipinski definition) is 5. The maximum Gasteiger partial charge on any atom is 0.239 e. The summed E-state index contributed by atoms with van der Waals surface area (Å²) >= 11 is 4.83. The lowest BCUT2D eigenvalue weighted by Crippen LogP contribution is -2.28. The molecule has 1 aliphatic heterocycles. The van der Waals surface area contributed by atoms with Gasteiger partial charge in [-0.1, -0.05) is 58.0 Å². The largest absolute Gasteiger partial charge is 0.496 e. The number of thioether (sulfide) groups is 1. The highest BCUT2D eigenvalue weighted by atomic mass is 79.9. The third-order valence-corrected chi connectivity index (χ3v) is 5.02. The molecule has 1 fully saturated rings. The summed E-state index contributed by atoms with van der Waals surface area (Å²) in [7, 11) is 1.61. The lowest BCUT2D eigenvalue weighted by molar-refractivity contribution is -0.124. The van der Waals surface area contributed by atoms with Crippen molar-refractivity contribution >= 4 is 45.0 Å². The van der Waals surface area contributed by atoms with Gasteiger partial charge in [-0.25, -0.2) is 0 Å². The molecular formula is C18H16BrN3O2S. The Morgan fingerprint density at radius 2 is 2.08 bits per heavy atom. The molecule has 0 saturated carbocycles. The van der Waals surface area contributed by atoms with Gasteiger partial charge in [0.15, 0.2) is 5.17 Å². The Morgan fingerprint density at radius 1 is 1.28 bits per heavy atom. The zero-order valence-electron chi connectivity index (χ0n) is 13.6. The first kappa shape index (κ1) is 17.7. The van der Waals surface area contributed by atoms with Gasteiger partial charge in [-0.05, 0) is 23.8 Å². The van der Waals surface area contributed by atoms with Crippen molar-refractivity contribution < 1.29 is 9.53 Å². The van der Waals surface area contributed by atoms with Crippen molar-refractivity contribution in [1.29, 1.82) is 0 Å². The molecule has 0 radical (unpaired) electrons. The number of benzene rings is 2. The van der Waals surface area contributed by atoms with Crippen LogP contribution in [0.25, 0.3) is 0 Å². The third kappa shape index (κ3) is 4.49. The highest BCUT2D eigenvalue weighted by Gasteiger charge is 2.28. The van der Waals surface area contributed by atoms with Crippen molar-refractivity contribution in [3.8, 4) is 5.75 Å². The maximum absolute atomic E-state index is 12.1. The Balaban J connectivity index is 1.78. The Labute approximate surface area is 158 Å². The SMILES string of the molecule is COc1ccc(Br)cc1C=NN=C1SCC(=O)N1Cc1ccccc1. The van der Waals surface area contributed by atoms with E-state index in [0.29, 0.717) is 23.2 Å². The molecule has 1 saturated heterocycles. The minimum Gasteiger partial charge on any atom is -0.496 e. The number of methoxy groups -OCH3 is 1. The number of hydrogen-bond donors (Lipinski definition) is 0. The van der Waals surface area contributed by atoms with Crippen LogP contribution in [0.4, 0.5) is 0 Å². The number of amides is 1. The summed E-state index contributed by atoms with van der Waals surface area (Å²) in [4.78, 5) is 13.8. The van der Waals surface area contributed by atoms with Crippen molar-refractivity contribution in [3.05, 3.63) is 64.1 Å². The quantitative estimate of drug-likeness (QED) is 0.546. The normalized spacial score (nSPS) is 16.2. The molecule has 0 bridgehead atoms. The number of carbonyl (C=O) groups excluding carboxylic acids is 1. The number of rotatable bonds is 5. The molecule has 128 valence electrons. The average Bonchev–Trinajstić information content (AvgIpc) is 2.96. The Morgan fingerprint density at radius 3 is 2.84 bits per heavy atom. The van der Waals surface area contributed by atoms with E-state index in [-0.39, 0.29) is 5.91 Å². The molecule has 3 rings (SSSR count). The van der Waals surface area contributed by atoms with Crippen LogP contribution in [0, 0.1) is 0 Å². The molecule has 25 heavy (non-hydrogen) atoms. The molecule has 7 heteroatoms. The number of amidine groups is 1. The lowest BCUT2D eigenvalue weighted by atomic mass is 10.2. The van der Waals surface area contributed by atoms with Crippen LogP contribution in [0.1, 0.15) is 11.1 Å². The number of halogens is 1. The summed E-state index contributed by atoms with van der Waals surface area (Å²) in [5.41, 5.74) is 1.87. The van der Waals surface area contributed by atoms with E-state index in [1.165, 1.54) is 11.8 Å². The van der Waals surface area contributed by atoms with E-state index in [2.05, 4.69) is 26.1 Å². The van der Waals surface area contributed by atoms with Crippen molar-refractivity contribution in [3.63, 3.8) is 0 Å². The fourth-order valence-corrected chi connectivity index (χ4v) is 3.55. The van der Waals surface area contributed by atoms with Crippen LogP contribution in [0.15, 0.2) is 63.2 Å². The molecule has 2 aromatic carbocycles. The molecule has 0 aromatic heterocycles. The first-order valence-electron chi connectivity index (χ1n) is 7.59. The Kier molecular flexibility index (Phi) is 5.88. The van der Waals surface area contributed by atoms with Crippen LogP contribution in [-0.4, -0.2) is 35.1 Å². The fraction of sp³-hybridized carbons (Fsp3) is 0.167. The molecule has 2 aromatic rings. The van der Waals surface area contributed by atoms with Crippen molar-refractivity contribution in [2.45, 2.75) is 6.54 Å². The molecule has 1 aliphatic rings. The van der Waals surface area contributed by atoms with Gasteiger partial charge < -0.3 is 4.74 Å². The summed E-state index contributed by atoms with van der Waals surface area (Å²) in [5, 5.41) is 8.99. The summed E-state index contributed by atoms with van der Waals surface area (Å²) in [6.45, 7) is 0.501. The van der Waals surface area contributed by atoms with Gasteiger partial charge in [0.05, 0.1) is 25.6 Å². The van der Waals surface area contributed by atoms with E-state index in [9.17, 15) is 4.79 Å². The first-order valence-corrected chi connectivity index (χ1v) is 9.37. The third-order valence-electron chi connectivity index (χ3n) is 3.57. The van der Waals surface area contributed by atoms with E-state index in [1.54, 1.807) is 18.2 Å². The van der Waals surface area contributed by atoms with Crippen LogP contribution >= 0.6 is 27.7 Å². The second-order valence-electron chi connectivity index (χ2n) is 5.27. The van der Waals surface area contributed by atoms with Crippen molar-refractivity contribution in [2.75, 3.05) is 12.9 Å². The van der Waals surface area contributed by atoms with Gasteiger partial charge in [-0.2, -0.15) is 5.10 Å². The van der Waals surface area contributed by atoms with Crippen molar-refractivity contribution in [1.82, 2.24) is 4.90 Å². The second-order valence-corrected chi connectivity index (χ2v) is 7.13. The topological polar surface area (TPSA) is 54.3 Å². The zero-order chi connectivity index (χ0) is 17.6. The highest BCUT2D eigenvalue weighted by Crippen LogP contribution is 2.23. The summed E-state index contributed by atoms with van der Waals surface area (Å²) in [6.07, 6.45) is 1.63. The standard InChI is InChI=1S/C18H16BrN3O2S/c1-24-16-8-7-15(19)9-14(16)10-20-21-18-22(17(23)12-25-18)11-13-5-3-2-4-6-13/h2-10H,11-12H2,1H3. The Hall–Kier alpha value is -2.12. The second kappa shape index (κ2) is 8.31. The van der Waals surface area contributed by atoms with Crippen molar-refractivity contribution in [2.24, 2.45) is 10.2 Å². The Bertz CT molecular complexity index is 824. The summed E-state index contributed by atoms with van der Waals surface area (Å²) in [6, 6.07) is 15.5. The predicted molar refractivity (Wildman–Crippen MR) is 105 cm³/mol. The van der Waals surface area contributed by atoms with E-state index in [4.69, 9.17) is 4.74 Å². The molecule has 5 nitrogen and oxygen atoms in total. The molecular weight excluding hydrogens is 402 g/mol. The summed E-state index contributed by atoms with van der Waals surface area (Å²) < 4.78 is 6.24. The van der Waals surface area contributed by atoms with Crippen LogP contribution in [-0.2, 0) is 11.3 Å². The van der Waals surface area contributed by atoms with E-state index in [0.717, 1.165) is 15.6 Å². The minimum absolute atomic E-state index is 0.0443. The zero-order valence-corrected chi connectivity index (χ0v) is 16.0. The molecule has 1 heterocycles. The number of ether oxygens (including phenoxy) is 1. The van der Waals surface area contributed by atoms with E-state index >= 15 is 0 Å². The minimum atomic E-state index is 0.0443. The predicted octanol–water partition coefficient (Wildman–Crippen LogP) is 3.92. The van der Waals surface area contributed by atoms with Crippen LogP contribution in [0.5, 0.6) is 5.75 Å². The molecule has 0 atom stereocenters. The highest BCUT2D eigenvalue weighted by molar-refractivity contribution is 9.10. The van der Waals surface area contributed by atoms with Crippen LogP contribution in [0.2, 0.25) is 0 Å². The average molecular weight is 418 g/mol. The van der Waals surface area contributed by atoms with Gasteiger partial charge in [0.1, 0.15) is 5.75 Å². The van der Waals surface area contributed by atoms with Gasteiger partial charge in [0.2, 0.25) is 5.91 Å². The van der Waals surface area contributed by atoms with Gasteiger partial charge >= 0.3 is 0 Å². The number of carbonyl (C=O) groups is 1. The van der Waals surface area contributed by atoms with E-state index < -0.39 is 0 Å². The molecule has 1 amide bonds. The van der Waals surface area contributed by atoms with E-state index in [1.807, 2.05) is 48.5 Å². The van der Waals surface area contributed by atoms with Crippen LogP contribution in [0.3, 0.4) is 0 Å². The number of nitrogens with zero attached hydrogens (tertiary/aromatic N) is 3. The molecule has 0 N–H and O–H groups in total. The lowest BCUT2D eigenvalue weighted by Gasteiger charge is -2.14.